The number of rotatable bonds is 7. The third kappa shape index (κ3) is 5.45. The van der Waals surface area contributed by atoms with Gasteiger partial charge in [-0.25, -0.2) is 4.98 Å². The quantitative estimate of drug-likeness (QED) is 0.143. The molecule has 0 spiro atoms. The normalized spacial score (nSPS) is 12.0. The summed E-state index contributed by atoms with van der Waals surface area (Å²) in [5, 5.41) is 5.98. The van der Waals surface area contributed by atoms with E-state index in [2.05, 4.69) is 48.5 Å². The lowest BCUT2D eigenvalue weighted by atomic mass is 9.99. The second kappa shape index (κ2) is 10.6. The highest BCUT2D eigenvalue weighted by Crippen LogP contribution is 2.35. The Morgan fingerprint density at radius 3 is 2.58 bits per heavy atom. The van der Waals surface area contributed by atoms with Crippen LogP contribution in [0, 0.1) is 8.99 Å². The molecule has 0 radical (unpaired) electrons. The van der Waals surface area contributed by atoms with Crippen molar-refractivity contribution >= 4 is 50.7 Å². The lowest BCUT2D eigenvalue weighted by Crippen LogP contribution is -2.20. The third-order valence-electron chi connectivity index (χ3n) is 5.70. The number of para-hydroxylation sites is 2. The van der Waals surface area contributed by atoms with Crippen molar-refractivity contribution in [3.63, 3.8) is 0 Å². The number of fused-ring (bicyclic) bond motifs is 2. The maximum Gasteiger partial charge on any atom is 0.282 e. The number of hydrogen-bond acceptors (Lipinski definition) is 6. The highest BCUT2D eigenvalue weighted by molar-refractivity contribution is 14.1. The SMILES string of the molecule is CCOc1cc(C=Nn2c(-c3cc4ccccc4o3)nc3ccccc3c2=O)cc(I)c1OCC(C)(C)C. The van der Waals surface area contributed by atoms with Gasteiger partial charge in [0.05, 0.1) is 33.9 Å². The van der Waals surface area contributed by atoms with Crippen molar-refractivity contribution in [3.8, 4) is 23.1 Å². The van der Waals surface area contributed by atoms with Crippen molar-refractivity contribution in [1.82, 2.24) is 9.66 Å². The summed E-state index contributed by atoms with van der Waals surface area (Å²) in [6, 6.07) is 20.6. The van der Waals surface area contributed by atoms with Gasteiger partial charge in [0.25, 0.3) is 5.56 Å². The van der Waals surface area contributed by atoms with Crippen LogP contribution in [0.2, 0.25) is 0 Å². The molecule has 0 bridgehead atoms. The Morgan fingerprint density at radius 1 is 1.05 bits per heavy atom. The van der Waals surface area contributed by atoms with Gasteiger partial charge < -0.3 is 13.9 Å². The molecule has 0 atom stereocenters. The van der Waals surface area contributed by atoms with Crippen LogP contribution >= 0.6 is 22.6 Å². The molecule has 0 N–H and O–H groups in total. The van der Waals surface area contributed by atoms with Crippen LogP contribution in [-0.4, -0.2) is 29.1 Å². The first-order chi connectivity index (χ1) is 18.2. The Hall–Kier alpha value is -3.66. The molecule has 8 heteroatoms. The van der Waals surface area contributed by atoms with Crippen molar-refractivity contribution in [2.24, 2.45) is 10.5 Å². The van der Waals surface area contributed by atoms with E-state index in [1.54, 1.807) is 12.3 Å². The molecule has 38 heavy (non-hydrogen) atoms. The van der Waals surface area contributed by atoms with Crippen LogP contribution in [0.25, 0.3) is 33.5 Å². The summed E-state index contributed by atoms with van der Waals surface area (Å²) in [6.45, 7) is 9.34. The predicted octanol–water partition coefficient (Wildman–Crippen LogP) is 7.12. The molecule has 3 aromatic carbocycles. The minimum absolute atomic E-state index is 0.00397. The van der Waals surface area contributed by atoms with Gasteiger partial charge in [-0.1, -0.05) is 51.1 Å². The van der Waals surface area contributed by atoms with Crippen molar-refractivity contribution in [2.75, 3.05) is 13.2 Å². The topological polar surface area (TPSA) is 78.9 Å². The minimum Gasteiger partial charge on any atom is -0.490 e. The summed E-state index contributed by atoms with van der Waals surface area (Å²) < 4.78 is 20.3. The molecule has 5 aromatic rings. The average molecular weight is 621 g/mol. The number of furan rings is 1. The molecule has 0 amide bonds. The van der Waals surface area contributed by atoms with Crippen LogP contribution in [0.5, 0.6) is 11.5 Å². The third-order valence-corrected chi connectivity index (χ3v) is 6.50. The Bertz CT molecular complexity index is 1680. The van der Waals surface area contributed by atoms with Crippen LogP contribution in [0.1, 0.15) is 33.3 Å². The highest BCUT2D eigenvalue weighted by Gasteiger charge is 2.18. The molecule has 7 nitrogen and oxygen atoms in total. The number of benzene rings is 3. The van der Waals surface area contributed by atoms with Gasteiger partial charge in [-0.05, 0) is 76.9 Å². The number of halogens is 1. The molecular formula is C30H28IN3O4. The number of hydrogen-bond donors (Lipinski definition) is 0. The van der Waals surface area contributed by atoms with Crippen LogP contribution in [0.4, 0.5) is 0 Å². The lowest BCUT2D eigenvalue weighted by molar-refractivity contribution is 0.187. The molecular weight excluding hydrogens is 593 g/mol. The van der Waals surface area contributed by atoms with E-state index < -0.39 is 0 Å². The van der Waals surface area contributed by atoms with Crippen molar-refractivity contribution in [1.29, 1.82) is 0 Å². The summed E-state index contributed by atoms with van der Waals surface area (Å²) in [4.78, 5) is 18.3. The zero-order valence-electron chi connectivity index (χ0n) is 21.7. The molecule has 0 saturated carbocycles. The molecule has 0 saturated heterocycles. The fraction of sp³-hybridized carbons (Fsp3) is 0.233. The van der Waals surface area contributed by atoms with Crippen molar-refractivity contribution < 1.29 is 13.9 Å². The molecule has 0 aliphatic carbocycles. The summed E-state index contributed by atoms with van der Waals surface area (Å²) in [5.74, 6) is 2.12. The fourth-order valence-corrected chi connectivity index (χ4v) is 4.74. The first kappa shape index (κ1) is 26.0. The highest BCUT2D eigenvalue weighted by atomic mass is 127. The van der Waals surface area contributed by atoms with Crippen molar-refractivity contribution in [2.45, 2.75) is 27.7 Å². The summed E-state index contributed by atoms with van der Waals surface area (Å²) in [5.41, 5.74) is 1.77. The zero-order chi connectivity index (χ0) is 26.9. The van der Waals surface area contributed by atoms with E-state index in [1.807, 2.05) is 67.6 Å². The maximum atomic E-state index is 13.6. The van der Waals surface area contributed by atoms with Gasteiger partial charge in [-0.3, -0.25) is 4.79 Å². The second-order valence-corrected chi connectivity index (χ2v) is 11.2. The standard InChI is InChI=1S/C30H28IN3O4/c1-5-36-25-15-19(14-22(31)27(25)37-18-30(2,3)4)17-32-34-28(26-16-20-10-6-9-13-24(20)38-26)33-23-12-8-7-11-21(23)29(34)35/h6-17H,5,18H2,1-4H3. The summed E-state index contributed by atoms with van der Waals surface area (Å²) >= 11 is 2.24. The molecule has 0 unspecified atom stereocenters. The summed E-state index contributed by atoms with van der Waals surface area (Å²) in [6.07, 6.45) is 1.63. The molecule has 2 aromatic heterocycles. The van der Waals surface area contributed by atoms with E-state index in [4.69, 9.17) is 18.9 Å². The van der Waals surface area contributed by atoms with E-state index in [9.17, 15) is 4.79 Å². The lowest BCUT2D eigenvalue weighted by Gasteiger charge is -2.21. The van der Waals surface area contributed by atoms with Crippen LogP contribution in [0.15, 0.2) is 81.0 Å². The van der Waals surface area contributed by atoms with E-state index in [-0.39, 0.29) is 11.0 Å². The second-order valence-electron chi connectivity index (χ2n) is 10.1. The fourth-order valence-electron chi connectivity index (χ4n) is 3.96. The van der Waals surface area contributed by atoms with Gasteiger partial charge in [0, 0.05) is 5.39 Å². The van der Waals surface area contributed by atoms with Gasteiger partial charge in [0.1, 0.15) is 5.58 Å². The molecule has 194 valence electrons. The number of aromatic nitrogens is 2. The van der Waals surface area contributed by atoms with E-state index in [0.717, 1.165) is 14.5 Å². The van der Waals surface area contributed by atoms with Crippen LogP contribution < -0.4 is 15.0 Å². The smallest absolute Gasteiger partial charge is 0.282 e. The minimum atomic E-state index is -0.285. The first-order valence-corrected chi connectivity index (χ1v) is 13.5. The van der Waals surface area contributed by atoms with Gasteiger partial charge in [0.15, 0.2) is 17.3 Å². The molecule has 0 aliphatic heterocycles. The molecule has 2 heterocycles. The van der Waals surface area contributed by atoms with E-state index in [1.165, 1.54) is 4.68 Å². The first-order valence-electron chi connectivity index (χ1n) is 12.4. The predicted molar refractivity (Wildman–Crippen MR) is 159 cm³/mol. The Labute approximate surface area is 234 Å². The van der Waals surface area contributed by atoms with Crippen LogP contribution in [-0.2, 0) is 0 Å². The number of nitrogens with zero attached hydrogens (tertiary/aromatic N) is 3. The average Bonchev–Trinajstić information content (AvgIpc) is 3.31. The van der Waals surface area contributed by atoms with Gasteiger partial charge in [-0.15, -0.1) is 0 Å². The Balaban J connectivity index is 1.61. The van der Waals surface area contributed by atoms with Crippen LogP contribution in [0.3, 0.4) is 0 Å². The molecule has 0 fully saturated rings. The molecule has 5 rings (SSSR count). The van der Waals surface area contributed by atoms with E-state index in [0.29, 0.717) is 52.8 Å². The Kier molecular flexibility index (Phi) is 7.25. The monoisotopic (exact) mass is 621 g/mol. The van der Waals surface area contributed by atoms with Gasteiger partial charge >= 0.3 is 0 Å². The maximum absolute atomic E-state index is 13.6. The summed E-state index contributed by atoms with van der Waals surface area (Å²) in [7, 11) is 0. The zero-order valence-corrected chi connectivity index (χ0v) is 23.9. The largest absolute Gasteiger partial charge is 0.490 e. The molecule has 0 aliphatic rings. The van der Waals surface area contributed by atoms with Gasteiger partial charge in [0.2, 0.25) is 5.82 Å². The van der Waals surface area contributed by atoms with E-state index >= 15 is 0 Å². The van der Waals surface area contributed by atoms with Crippen molar-refractivity contribution in [3.05, 3.63) is 86.2 Å². The Morgan fingerprint density at radius 2 is 1.82 bits per heavy atom. The van der Waals surface area contributed by atoms with Gasteiger partial charge in [-0.2, -0.15) is 9.78 Å². The number of ether oxygens (including phenoxy) is 2.